The molecule has 4 aromatic carbocycles. The monoisotopic (exact) mass is 665 g/mol. The van der Waals surface area contributed by atoms with Crippen LogP contribution in [-0.4, -0.2) is 41.3 Å². The van der Waals surface area contributed by atoms with Crippen LogP contribution in [0.5, 0.6) is 17.2 Å². The van der Waals surface area contributed by atoms with Gasteiger partial charge in [0.05, 0.1) is 35.5 Å². The zero-order valence-corrected chi connectivity index (χ0v) is 26.6. The van der Waals surface area contributed by atoms with E-state index in [1.807, 2.05) is 38.1 Å². The van der Waals surface area contributed by atoms with Gasteiger partial charge < -0.3 is 14.2 Å². The van der Waals surface area contributed by atoms with Gasteiger partial charge in [-0.05, 0) is 89.4 Å². The van der Waals surface area contributed by atoms with Gasteiger partial charge in [0.1, 0.15) is 18.9 Å². The lowest BCUT2D eigenvalue weighted by atomic mass is 10.2. The van der Waals surface area contributed by atoms with Crippen LogP contribution in [0.1, 0.15) is 22.3 Å². The summed E-state index contributed by atoms with van der Waals surface area (Å²) in [6, 6.07) is 24.4. The minimum Gasteiger partial charge on any atom is -0.497 e. The lowest BCUT2D eigenvalue weighted by molar-refractivity contribution is -0.119. The highest BCUT2D eigenvalue weighted by Gasteiger charge is 2.27. The summed E-state index contributed by atoms with van der Waals surface area (Å²) in [5.41, 5.74) is 6.43. The van der Waals surface area contributed by atoms with Crippen molar-refractivity contribution in [2.45, 2.75) is 25.3 Å². The van der Waals surface area contributed by atoms with Gasteiger partial charge in [-0.3, -0.25) is 9.10 Å². The number of hydrazone groups is 1. The molecular weight excluding hydrogens is 634 g/mol. The second-order valence-electron chi connectivity index (χ2n) is 9.62. The molecule has 0 aliphatic carbocycles. The quantitative estimate of drug-likeness (QED) is 0.147. The van der Waals surface area contributed by atoms with Gasteiger partial charge in [-0.15, -0.1) is 0 Å². The molecule has 1 N–H and O–H groups in total. The molecule has 0 fully saturated rings. The fourth-order valence-electron chi connectivity index (χ4n) is 4.04. The smallest absolute Gasteiger partial charge is 0.264 e. The number of hydrogen-bond acceptors (Lipinski definition) is 7. The molecule has 4 rings (SSSR count). The average Bonchev–Trinajstić information content (AvgIpc) is 3.00. The molecule has 0 atom stereocenters. The molecular formula is C32H32BrN3O6S. The highest BCUT2D eigenvalue weighted by Crippen LogP contribution is 2.37. The molecule has 9 nitrogen and oxygen atoms in total. The molecule has 0 aliphatic heterocycles. The first-order chi connectivity index (χ1) is 20.6. The normalized spacial score (nSPS) is 11.3. The lowest BCUT2D eigenvalue weighted by Crippen LogP contribution is -2.39. The van der Waals surface area contributed by atoms with E-state index in [9.17, 15) is 13.2 Å². The Bertz CT molecular complexity index is 1690. The van der Waals surface area contributed by atoms with E-state index < -0.39 is 22.5 Å². The summed E-state index contributed by atoms with van der Waals surface area (Å²) in [5, 5.41) is 4.05. The first-order valence-corrected chi connectivity index (χ1v) is 15.4. The second kappa shape index (κ2) is 14.2. The predicted octanol–water partition coefficient (Wildman–Crippen LogP) is 6.01. The Labute approximate surface area is 260 Å². The van der Waals surface area contributed by atoms with Crippen molar-refractivity contribution in [1.29, 1.82) is 0 Å². The summed E-state index contributed by atoms with van der Waals surface area (Å²) in [6.45, 7) is 3.74. The molecule has 1 amide bonds. The standard InChI is InChI=1S/C32H32BrN3O6S/c1-22-5-9-24(10-6-22)21-42-32-29(33)17-25(18-30(32)41-4)19-34-35-31(37)20-36(26-11-13-27(40-3)14-12-26)43(38,39)28-15-7-23(2)8-16-28/h5-19H,20-21H2,1-4H3,(H,35,37)/b34-19-. The number of benzene rings is 4. The average molecular weight is 667 g/mol. The molecule has 11 heteroatoms. The van der Waals surface area contributed by atoms with Crippen LogP contribution in [0.15, 0.2) is 99.4 Å². The largest absolute Gasteiger partial charge is 0.497 e. The van der Waals surface area contributed by atoms with Crippen LogP contribution in [0.2, 0.25) is 0 Å². The van der Waals surface area contributed by atoms with E-state index in [1.54, 1.807) is 48.5 Å². The molecule has 0 bridgehead atoms. The maximum absolute atomic E-state index is 13.6. The summed E-state index contributed by atoms with van der Waals surface area (Å²) in [6.07, 6.45) is 1.43. The van der Waals surface area contributed by atoms with E-state index in [0.717, 1.165) is 15.4 Å². The molecule has 4 aromatic rings. The van der Waals surface area contributed by atoms with E-state index in [2.05, 4.69) is 26.5 Å². The summed E-state index contributed by atoms with van der Waals surface area (Å²) < 4.78 is 45.5. The van der Waals surface area contributed by atoms with E-state index in [0.29, 0.717) is 39.6 Å². The van der Waals surface area contributed by atoms with Crippen LogP contribution in [-0.2, 0) is 21.4 Å². The maximum Gasteiger partial charge on any atom is 0.264 e. The van der Waals surface area contributed by atoms with Gasteiger partial charge in [0.2, 0.25) is 0 Å². The predicted molar refractivity (Wildman–Crippen MR) is 171 cm³/mol. The van der Waals surface area contributed by atoms with Crippen LogP contribution >= 0.6 is 15.9 Å². The fraction of sp³-hybridized carbons (Fsp3) is 0.188. The number of hydrogen-bond donors (Lipinski definition) is 1. The van der Waals surface area contributed by atoms with Crippen molar-refractivity contribution >= 4 is 43.8 Å². The number of amides is 1. The Morgan fingerprint density at radius 3 is 2.14 bits per heavy atom. The highest BCUT2D eigenvalue weighted by atomic mass is 79.9. The van der Waals surface area contributed by atoms with E-state index in [-0.39, 0.29) is 4.90 Å². The number of sulfonamides is 1. The van der Waals surface area contributed by atoms with Crippen molar-refractivity contribution < 1.29 is 27.4 Å². The zero-order valence-electron chi connectivity index (χ0n) is 24.2. The number of ether oxygens (including phenoxy) is 3. The Hall–Kier alpha value is -4.35. The number of aryl methyl sites for hydroxylation is 2. The van der Waals surface area contributed by atoms with Crippen molar-refractivity contribution in [2.75, 3.05) is 25.1 Å². The Morgan fingerprint density at radius 2 is 1.53 bits per heavy atom. The maximum atomic E-state index is 13.6. The number of nitrogens with zero attached hydrogens (tertiary/aromatic N) is 2. The van der Waals surface area contributed by atoms with E-state index >= 15 is 0 Å². The van der Waals surface area contributed by atoms with Gasteiger partial charge in [-0.25, -0.2) is 13.8 Å². The van der Waals surface area contributed by atoms with Gasteiger partial charge in [-0.2, -0.15) is 5.10 Å². The summed E-state index contributed by atoms with van der Waals surface area (Å²) in [4.78, 5) is 13.0. The van der Waals surface area contributed by atoms with Crippen LogP contribution in [0.3, 0.4) is 0 Å². The lowest BCUT2D eigenvalue weighted by Gasteiger charge is -2.24. The topological polar surface area (TPSA) is 107 Å². The number of carbonyl (C=O) groups excluding carboxylic acids is 1. The van der Waals surface area contributed by atoms with Crippen molar-refractivity contribution in [3.63, 3.8) is 0 Å². The van der Waals surface area contributed by atoms with Gasteiger partial charge >= 0.3 is 0 Å². The molecule has 0 saturated heterocycles. The molecule has 0 aromatic heterocycles. The van der Waals surface area contributed by atoms with Crippen molar-refractivity contribution in [1.82, 2.24) is 5.43 Å². The van der Waals surface area contributed by atoms with Gasteiger partial charge in [0.25, 0.3) is 15.9 Å². The Kier molecular flexibility index (Phi) is 10.4. The molecule has 0 saturated carbocycles. The Morgan fingerprint density at radius 1 is 0.907 bits per heavy atom. The Balaban J connectivity index is 1.49. The molecule has 43 heavy (non-hydrogen) atoms. The van der Waals surface area contributed by atoms with Gasteiger partial charge in [0, 0.05) is 0 Å². The molecule has 0 radical (unpaired) electrons. The first kappa shape index (κ1) is 31.6. The third-order valence-electron chi connectivity index (χ3n) is 6.42. The summed E-state index contributed by atoms with van der Waals surface area (Å²) in [5.74, 6) is 0.926. The van der Waals surface area contributed by atoms with Crippen molar-refractivity contribution in [3.05, 3.63) is 112 Å². The zero-order chi connectivity index (χ0) is 31.0. The van der Waals surface area contributed by atoms with Gasteiger partial charge in [0.15, 0.2) is 11.5 Å². The van der Waals surface area contributed by atoms with Crippen molar-refractivity contribution in [2.24, 2.45) is 5.10 Å². The van der Waals surface area contributed by atoms with Crippen molar-refractivity contribution in [3.8, 4) is 17.2 Å². The van der Waals surface area contributed by atoms with Crippen LogP contribution in [0.25, 0.3) is 0 Å². The van der Waals surface area contributed by atoms with E-state index in [4.69, 9.17) is 14.2 Å². The van der Waals surface area contributed by atoms with Gasteiger partial charge in [-0.1, -0.05) is 47.5 Å². The molecule has 0 heterocycles. The first-order valence-electron chi connectivity index (χ1n) is 13.2. The third kappa shape index (κ3) is 8.14. The van der Waals surface area contributed by atoms with Crippen LogP contribution in [0, 0.1) is 13.8 Å². The minimum atomic E-state index is -4.07. The number of anilines is 1. The molecule has 0 unspecified atom stereocenters. The van der Waals surface area contributed by atoms with Crippen LogP contribution < -0.4 is 23.9 Å². The third-order valence-corrected chi connectivity index (χ3v) is 8.79. The van der Waals surface area contributed by atoms with E-state index in [1.165, 1.54) is 38.1 Å². The van der Waals surface area contributed by atoms with Crippen LogP contribution in [0.4, 0.5) is 5.69 Å². The molecule has 0 spiro atoms. The number of rotatable bonds is 12. The number of halogens is 1. The number of methoxy groups -OCH3 is 2. The summed E-state index contributed by atoms with van der Waals surface area (Å²) in [7, 11) is -1.02. The fourth-order valence-corrected chi connectivity index (χ4v) is 6.03. The second-order valence-corrected chi connectivity index (χ2v) is 12.3. The molecule has 0 aliphatic rings. The SMILES string of the molecule is COc1ccc(N(CC(=O)N/N=C\c2cc(Br)c(OCc3ccc(C)cc3)c(OC)c2)S(=O)(=O)c2ccc(C)cc2)cc1. The number of nitrogens with one attached hydrogen (secondary N) is 1. The summed E-state index contributed by atoms with van der Waals surface area (Å²) >= 11 is 3.53. The highest BCUT2D eigenvalue weighted by molar-refractivity contribution is 9.10. The number of carbonyl (C=O) groups is 1. The minimum absolute atomic E-state index is 0.0619. The molecule has 224 valence electrons.